The van der Waals surface area contributed by atoms with Crippen molar-refractivity contribution in [3.8, 4) is 0 Å². The van der Waals surface area contributed by atoms with Crippen molar-refractivity contribution >= 4 is 5.96 Å². The van der Waals surface area contributed by atoms with E-state index in [1.54, 1.807) is 0 Å². The molecule has 0 aromatic carbocycles. The van der Waals surface area contributed by atoms with E-state index >= 15 is 0 Å². The average molecular weight is 251 g/mol. The van der Waals surface area contributed by atoms with Crippen molar-refractivity contribution in [3.05, 3.63) is 0 Å². The zero-order valence-corrected chi connectivity index (χ0v) is 12.1. The molecule has 2 rings (SSSR count). The lowest BCUT2D eigenvalue weighted by molar-refractivity contribution is 0.295. The van der Waals surface area contributed by atoms with Gasteiger partial charge in [-0.15, -0.1) is 0 Å². The Bertz CT molecular complexity index is 261. The van der Waals surface area contributed by atoms with Crippen LogP contribution < -0.4 is 5.32 Å². The molecule has 1 aliphatic heterocycles. The fourth-order valence-corrected chi connectivity index (χ4v) is 3.08. The highest BCUT2D eigenvalue weighted by Gasteiger charge is 2.19. The second kappa shape index (κ2) is 7.01. The summed E-state index contributed by atoms with van der Waals surface area (Å²) in [6.07, 6.45) is 8.21. The summed E-state index contributed by atoms with van der Waals surface area (Å²) < 4.78 is 0. The van der Waals surface area contributed by atoms with E-state index in [9.17, 15) is 0 Å². The number of nitrogens with one attached hydrogen (secondary N) is 1. The minimum absolute atomic E-state index is 0.831. The lowest BCUT2D eigenvalue weighted by Gasteiger charge is -2.26. The van der Waals surface area contributed by atoms with Gasteiger partial charge in [0.2, 0.25) is 0 Å². The minimum atomic E-state index is 0.831. The smallest absolute Gasteiger partial charge is 0.193 e. The quantitative estimate of drug-likeness (QED) is 0.617. The molecule has 1 aliphatic carbocycles. The fraction of sp³-hybridized carbons (Fsp3) is 0.933. The molecule has 0 aromatic rings. The van der Waals surface area contributed by atoms with Crippen molar-refractivity contribution in [2.24, 2.45) is 16.8 Å². The van der Waals surface area contributed by atoms with Crippen LogP contribution in [0.3, 0.4) is 0 Å². The molecule has 104 valence electrons. The number of likely N-dealkylation sites (tertiary alicyclic amines) is 1. The maximum Gasteiger partial charge on any atom is 0.193 e. The molecular weight excluding hydrogens is 222 g/mol. The number of hydrogen-bond donors (Lipinski definition) is 1. The van der Waals surface area contributed by atoms with Crippen LogP contribution in [-0.2, 0) is 0 Å². The van der Waals surface area contributed by atoms with Gasteiger partial charge in [-0.1, -0.05) is 19.8 Å². The molecule has 0 unspecified atom stereocenters. The molecule has 1 saturated carbocycles. The molecular formula is C15H29N3. The molecule has 18 heavy (non-hydrogen) atoms. The summed E-state index contributed by atoms with van der Waals surface area (Å²) in [5, 5.41) is 3.45. The highest BCUT2D eigenvalue weighted by Crippen LogP contribution is 2.28. The van der Waals surface area contributed by atoms with Gasteiger partial charge in [0, 0.05) is 26.2 Å². The van der Waals surface area contributed by atoms with Crippen molar-refractivity contribution in [1.82, 2.24) is 10.2 Å². The molecule has 1 N–H and O–H groups in total. The van der Waals surface area contributed by atoms with Crippen LogP contribution in [0.15, 0.2) is 4.99 Å². The first-order valence-electron chi connectivity index (χ1n) is 7.83. The van der Waals surface area contributed by atoms with Crippen LogP contribution >= 0.6 is 0 Å². The van der Waals surface area contributed by atoms with Crippen molar-refractivity contribution in [3.63, 3.8) is 0 Å². The number of hydrogen-bond acceptors (Lipinski definition) is 1. The van der Waals surface area contributed by atoms with E-state index in [2.05, 4.69) is 24.1 Å². The molecule has 0 atom stereocenters. The first-order chi connectivity index (χ1) is 8.79. The number of guanidine groups is 1. The zero-order valence-electron chi connectivity index (χ0n) is 12.1. The Hall–Kier alpha value is -0.730. The van der Waals surface area contributed by atoms with Gasteiger partial charge in [-0.2, -0.15) is 0 Å². The summed E-state index contributed by atoms with van der Waals surface area (Å²) in [7, 11) is 0. The third-order valence-electron chi connectivity index (χ3n) is 4.38. The zero-order chi connectivity index (χ0) is 12.8. The molecule has 3 nitrogen and oxygen atoms in total. The van der Waals surface area contributed by atoms with E-state index in [1.807, 2.05) is 0 Å². The van der Waals surface area contributed by atoms with Crippen molar-refractivity contribution in [2.75, 3.05) is 26.2 Å². The molecule has 2 fully saturated rings. The largest absolute Gasteiger partial charge is 0.357 e. The van der Waals surface area contributed by atoms with Crippen LogP contribution in [0, 0.1) is 11.8 Å². The van der Waals surface area contributed by atoms with Crippen LogP contribution in [0.5, 0.6) is 0 Å². The molecule has 0 aromatic heterocycles. The first-order valence-corrected chi connectivity index (χ1v) is 7.83. The van der Waals surface area contributed by atoms with Crippen LogP contribution in [0.2, 0.25) is 0 Å². The summed E-state index contributed by atoms with van der Waals surface area (Å²) >= 11 is 0. The third kappa shape index (κ3) is 3.89. The normalized spacial score (nSPS) is 29.7. The van der Waals surface area contributed by atoms with Gasteiger partial charge in [0.05, 0.1) is 0 Å². The van der Waals surface area contributed by atoms with Gasteiger partial charge >= 0.3 is 0 Å². The van der Waals surface area contributed by atoms with Gasteiger partial charge in [0.25, 0.3) is 0 Å². The van der Waals surface area contributed by atoms with Gasteiger partial charge in [-0.3, -0.25) is 4.99 Å². The molecule has 0 bridgehead atoms. The predicted octanol–water partition coefficient (Wildman–Crippen LogP) is 2.87. The number of rotatable bonds is 3. The maximum atomic E-state index is 4.88. The van der Waals surface area contributed by atoms with Gasteiger partial charge in [0.1, 0.15) is 0 Å². The van der Waals surface area contributed by atoms with E-state index in [-0.39, 0.29) is 0 Å². The van der Waals surface area contributed by atoms with Crippen LogP contribution in [-0.4, -0.2) is 37.0 Å². The summed E-state index contributed by atoms with van der Waals surface area (Å²) in [6.45, 7) is 8.94. The minimum Gasteiger partial charge on any atom is -0.357 e. The summed E-state index contributed by atoms with van der Waals surface area (Å²) in [5.41, 5.74) is 0. The Kier molecular flexibility index (Phi) is 5.33. The Morgan fingerprint density at radius 3 is 2.44 bits per heavy atom. The number of nitrogens with zero attached hydrogens (tertiary/aromatic N) is 2. The molecule has 3 heteroatoms. The topological polar surface area (TPSA) is 27.6 Å². The van der Waals surface area contributed by atoms with Crippen LogP contribution in [0.25, 0.3) is 0 Å². The molecule has 2 aliphatic rings. The lowest BCUT2D eigenvalue weighted by atomic mass is 9.83. The van der Waals surface area contributed by atoms with Crippen molar-refractivity contribution in [2.45, 2.75) is 52.4 Å². The highest BCUT2D eigenvalue weighted by molar-refractivity contribution is 5.80. The van der Waals surface area contributed by atoms with E-state index in [0.717, 1.165) is 30.9 Å². The van der Waals surface area contributed by atoms with Crippen molar-refractivity contribution in [1.29, 1.82) is 0 Å². The van der Waals surface area contributed by atoms with Gasteiger partial charge in [-0.05, 0) is 44.4 Å². The van der Waals surface area contributed by atoms with Crippen LogP contribution in [0.4, 0.5) is 0 Å². The Balaban J connectivity index is 1.83. The monoisotopic (exact) mass is 251 g/mol. The lowest BCUT2D eigenvalue weighted by Crippen LogP contribution is -2.40. The maximum absolute atomic E-state index is 4.88. The second-order valence-corrected chi connectivity index (χ2v) is 6.01. The number of aliphatic imine (C=N–C) groups is 1. The SMILES string of the molecule is CCNC(=NCC1CCC(C)CC1)N1CCCC1. The Morgan fingerprint density at radius 2 is 1.83 bits per heavy atom. The molecule has 0 spiro atoms. The van der Waals surface area contributed by atoms with E-state index in [0.29, 0.717) is 0 Å². The Morgan fingerprint density at radius 1 is 1.17 bits per heavy atom. The van der Waals surface area contributed by atoms with E-state index < -0.39 is 0 Å². The summed E-state index contributed by atoms with van der Waals surface area (Å²) in [5.74, 6) is 2.93. The van der Waals surface area contributed by atoms with Gasteiger partial charge in [0.15, 0.2) is 5.96 Å². The first kappa shape index (κ1) is 13.7. The van der Waals surface area contributed by atoms with Gasteiger partial charge < -0.3 is 10.2 Å². The summed E-state index contributed by atoms with van der Waals surface area (Å²) in [4.78, 5) is 7.30. The molecule has 0 radical (unpaired) electrons. The summed E-state index contributed by atoms with van der Waals surface area (Å²) in [6, 6.07) is 0. The van der Waals surface area contributed by atoms with E-state index in [4.69, 9.17) is 4.99 Å². The van der Waals surface area contributed by atoms with Crippen molar-refractivity contribution < 1.29 is 0 Å². The van der Waals surface area contributed by atoms with E-state index in [1.165, 1.54) is 51.6 Å². The fourth-order valence-electron chi connectivity index (χ4n) is 3.08. The molecule has 1 heterocycles. The standard InChI is InChI=1S/C15H29N3/c1-3-16-15(18-10-4-5-11-18)17-12-14-8-6-13(2)7-9-14/h13-14H,3-12H2,1-2H3,(H,16,17). The highest BCUT2D eigenvalue weighted by atomic mass is 15.3. The second-order valence-electron chi connectivity index (χ2n) is 6.01. The van der Waals surface area contributed by atoms with Gasteiger partial charge in [-0.25, -0.2) is 0 Å². The average Bonchev–Trinajstić information content (AvgIpc) is 2.90. The molecule has 1 saturated heterocycles. The predicted molar refractivity (Wildman–Crippen MR) is 77.9 cm³/mol. The third-order valence-corrected chi connectivity index (χ3v) is 4.38. The van der Waals surface area contributed by atoms with Crippen LogP contribution in [0.1, 0.15) is 52.4 Å². The molecule has 0 amide bonds. The Labute approximate surface area is 112 Å².